The SMILES string of the molecule is c1ccc(-c2ccccc2-c2c3cc4c(cc3c(-c3ccccc3-c3ccccc3)c3c5ccc6c7ccc8c9c(ccc(c%10ccc(c23)c5c%106)c97)-c2ccccc2-8)c2cccc3cccc4c32)cc1. The zero-order chi connectivity index (χ0) is 45.3. The number of fused-ring (bicyclic) bond motifs is 12. The lowest BCUT2D eigenvalue weighted by Crippen LogP contribution is -1.93. The largest absolute Gasteiger partial charge is 0.0622 e. The smallest absolute Gasteiger partial charge is 0.000718 e. The van der Waals surface area contributed by atoms with Crippen molar-refractivity contribution in [2.75, 3.05) is 0 Å². The molecule has 1 aliphatic rings. The third-order valence-corrected chi connectivity index (χ3v) is 16.4. The van der Waals surface area contributed by atoms with E-state index in [0.29, 0.717) is 0 Å². The molecular formula is C70H38. The van der Waals surface area contributed by atoms with E-state index in [4.69, 9.17) is 0 Å². The standard InChI is InChI=1S/C70H38/c1-3-15-39(16-4-1)42-21-7-11-25-46(42)66-60-37-58-48-27-13-19-41-20-14-28-49(62(41)48)59(58)38-61(60)67(47-26-12-8-22-43(47)40-17-5-2-6-18-40)70-57-36-34-55-53-32-30-51-45-24-10-9-23-44(45)50-29-31-52(64(53)63(50)51)54-33-35-56(69(66)70)68(57)65(54)55/h1-38H. The highest BCUT2D eigenvalue weighted by Crippen LogP contribution is 2.58. The first kappa shape index (κ1) is 37.0. The molecular weight excluding hydrogens is 841 g/mol. The van der Waals surface area contributed by atoms with Gasteiger partial charge in [0.05, 0.1) is 0 Å². The molecule has 0 bridgehead atoms. The molecule has 0 heterocycles. The normalized spacial score (nSPS) is 12.6. The van der Waals surface area contributed by atoms with Gasteiger partial charge in [0.25, 0.3) is 0 Å². The Hall–Kier alpha value is -9.10. The Morgan fingerprint density at radius 2 is 0.514 bits per heavy atom. The quantitative estimate of drug-likeness (QED) is 0.122. The Bertz CT molecular complexity index is 4610. The minimum atomic E-state index is 1.22. The summed E-state index contributed by atoms with van der Waals surface area (Å²) in [7, 11) is 0. The van der Waals surface area contributed by atoms with Crippen molar-refractivity contribution in [3.05, 3.63) is 231 Å². The van der Waals surface area contributed by atoms with E-state index in [2.05, 4.69) is 231 Å². The maximum atomic E-state index is 2.57. The summed E-state index contributed by atoms with van der Waals surface area (Å²) < 4.78 is 0. The van der Waals surface area contributed by atoms with Crippen LogP contribution in [0.1, 0.15) is 0 Å². The van der Waals surface area contributed by atoms with E-state index in [1.54, 1.807) is 0 Å². The van der Waals surface area contributed by atoms with Crippen molar-refractivity contribution in [2.45, 2.75) is 0 Å². The first-order valence-corrected chi connectivity index (χ1v) is 24.6. The molecule has 0 nitrogen and oxygen atoms in total. The van der Waals surface area contributed by atoms with Crippen molar-refractivity contribution in [2.24, 2.45) is 0 Å². The molecule has 0 saturated heterocycles. The second kappa shape index (κ2) is 13.3. The van der Waals surface area contributed by atoms with Gasteiger partial charge in [-0.05, 0) is 187 Å². The summed E-state index contributed by atoms with van der Waals surface area (Å²) in [5.74, 6) is 0. The minimum absolute atomic E-state index is 1.22. The van der Waals surface area contributed by atoms with Crippen LogP contribution in [0.4, 0.5) is 0 Å². The van der Waals surface area contributed by atoms with Gasteiger partial charge in [0, 0.05) is 0 Å². The molecule has 0 aromatic heterocycles. The van der Waals surface area contributed by atoms with Crippen LogP contribution in [0, 0.1) is 0 Å². The minimum Gasteiger partial charge on any atom is -0.0622 e. The van der Waals surface area contributed by atoms with Crippen molar-refractivity contribution < 1.29 is 0 Å². The molecule has 16 aromatic carbocycles. The average Bonchev–Trinajstić information content (AvgIpc) is 4.06. The van der Waals surface area contributed by atoms with E-state index in [1.807, 2.05) is 0 Å². The maximum Gasteiger partial charge on any atom is -0.000718 e. The Kier molecular flexibility index (Phi) is 7.03. The second-order valence-corrected chi connectivity index (χ2v) is 19.7. The Balaban J connectivity index is 1.13. The van der Waals surface area contributed by atoms with Crippen LogP contribution in [-0.2, 0) is 0 Å². The summed E-state index contributed by atoms with van der Waals surface area (Å²) in [5, 5.41) is 26.4. The average molecular weight is 879 g/mol. The predicted molar refractivity (Wildman–Crippen MR) is 301 cm³/mol. The fraction of sp³-hybridized carbons (Fsp3) is 0. The van der Waals surface area contributed by atoms with Gasteiger partial charge >= 0.3 is 0 Å². The topological polar surface area (TPSA) is 0 Å². The van der Waals surface area contributed by atoms with Gasteiger partial charge < -0.3 is 0 Å². The molecule has 16 aromatic rings. The van der Waals surface area contributed by atoms with E-state index in [1.165, 1.54) is 174 Å². The molecule has 17 rings (SSSR count). The Labute approximate surface area is 402 Å². The van der Waals surface area contributed by atoms with Crippen molar-refractivity contribution >= 4 is 108 Å². The third kappa shape index (κ3) is 4.57. The summed E-state index contributed by atoms with van der Waals surface area (Å²) in [5.41, 5.74) is 15.3. The highest BCUT2D eigenvalue weighted by molar-refractivity contribution is 6.48. The molecule has 0 radical (unpaired) electrons. The zero-order valence-electron chi connectivity index (χ0n) is 37.9. The van der Waals surface area contributed by atoms with Gasteiger partial charge in [-0.3, -0.25) is 0 Å². The van der Waals surface area contributed by atoms with Gasteiger partial charge in [-0.1, -0.05) is 218 Å². The van der Waals surface area contributed by atoms with E-state index < -0.39 is 0 Å². The van der Waals surface area contributed by atoms with Crippen LogP contribution >= 0.6 is 0 Å². The summed E-state index contributed by atoms with van der Waals surface area (Å²) in [6.07, 6.45) is 0. The first-order chi connectivity index (χ1) is 34.8. The van der Waals surface area contributed by atoms with Gasteiger partial charge in [-0.2, -0.15) is 0 Å². The highest BCUT2D eigenvalue weighted by Gasteiger charge is 2.30. The summed E-state index contributed by atoms with van der Waals surface area (Å²) in [6.45, 7) is 0. The van der Waals surface area contributed by atoms with Crippen molar-refractivity contribution in [1.29, 1.82) is 0 Å². The molecule has 0 heteroatoms. The molecule has 0 N–H and O–H groups in total. The van der Waals surface area contributed by atoms with Crippen LogP contribution in [0.25, 0.3) is 174 Å². The van der Waals surface area contributed by atoms with E-state index >= 15 is 0 Å². The van der Waals surface area contributed by atoms with Crippen LogP contribution in [0.2, 0.25) is 0 Å². The summed E-state index contributed by atoms with van der Waals surface area (Å²) in [4.78, 5) is 0. The fourth-order valence-electron chi connectivity index (χ4n) is 13.7. The van der Waals surface area contributed by atoms with Gasteiger partial charge in [-0.15, -0.1) is 0 Å². The van der Waals surface area contributed by atoms with Gasteiger partial charge in [0.1, 0.15) is 0 Å². The van der Waals surface area contributed by atoms with Crippen LogP contribution in [0.3, 0.4) is 0 Å². The van der Waals surface area contributed by atoms with Crippen molar-refractivity contribution in [3.63, 3.8) is 0 Å². The fourth-order valence-corrected chi connectivity index (χ4v) is 13.7. The van der Waals surface area contributed by atoms with Crippen LogP contribution < -0.4 is 0 Å². The van der Waals surface area contributed by atoms with Crippen LogP contribution in [-0.4, -0.2) is 0 Å². The lowest BCUT2D eigenvalue weighted by molar-refractivity contribution is 1.61. The molecule has 0 spiro atoms. The number of hydrogen-bond donors (Lipinski definition) is 0. The molecule has 0 amide bonds. The number of rotatable bonds is 4. The summed E-state index contributed by atoms with van der Waals surface area (Å²) in [6, 6.07) is 87.6. The first-order valence-electron chi connectivity index (χ1n) is 24.6. The number of hydrogen-bond acceptors (Lipinski definition) is 0. The molecule has 70 heavy (non-hydrogen) atoms. The second-order valence-electron chi connectivity index (χ2n) is 19.7. The summed E-state index contributed by atoms with van der Waals surface area (Å²) >= 11 is 0. The van der Waals surface area contributed by atoms with Crippen molar-refractivity contribution in [1.82, 2.24) is 0 Å². The molecule has 318 valence electrons. The van der Waals surface area contributed by atoms with Crippen LogP contribution in [0.15, 0.2) is 231 Å². The lowest BCUT2D eigenvalue weighted by Gasteiger charge is -2.21. The van der Waals surface area contributed by atoms with E-state index in [-0.39, 0.29) is 0 Å². The zero-order valence-corrected chi connectivity index (χ0v) is 37.9. The van der Waals surface area contributed by atoms with Gasteiger partial charge in [0.2, 0.25) is 0 Å². The predicted octanol–water partition coefficient (Wildman–Crippen LogP) is 19.8. The van der Waals surface area contributed by atoms with E-state index in [0.717, 1.165) is 0 Å². The molecule has 0 atom stereocenters. The third-order valence-electron chi connectivity index (χ3n) is 16.4. The van der Waals surface area contributed by atoms with Crippen molar-refractivity contribution in [3.8, 4) is 66.8 Å². The molecule has 0 fully saturated rings. The van der Waals surface area contributed by atoms with Gasteiger partial charge in [-0.25, -0.2) is 0 Å². The highest BCUT2D eigenvalue weighted by atomic mass is 14.3. The maximum absolute atomic E-state index is 2.57. The lowest BCUT2D eigenvalue weighted by atomic mass is 9.82. The molecule has 0 unspecified atom stereocenters. The Morgan fingerprint density at radius 1 is 0.157 bits per heavy atom. The monoisotopic (exact) mass is 878 g/mol. The Morgan fingerprint density at radius 3 is 0.986 bits per heavy atom. The van der Waals surface area contributed by atoms with Gasteiger partial charge in [0.15, 0.2) is 0 Å². The van der Waals surface area contributed by atoms with Crippen LogP contribution in [0.5, 0.6) is 0 Å². The van der Waals surface area contributed by atoms with E-state index in [9.17, 15) is 0 Å². The molecule has 1 aliphatic carbocycles. The molecule has 0 saturated carbocycles. The molecule has 0 aliphatic heterocycles. The number of benzene rings is 14.